The van der Waals surface area contributed by atoms with Crippen LogP contribution in [0.2, 0.25) is 0 Å². The van der Waals surface area contributed by atoms with Crippen molar-refractivity contribution in [2.75, 3.05) is 6.54 Å². The van der Waals surface area contributed by atoms with Gasteiger partial charge in [0.1, 0.15) is 11.6 Å². The summed E-state index contributed by atoms with van der Waals surface area (Å²) in [5, 5.41) is 0. The zero-order valence-corrected chi connectivity index (χ0v) is 19.1. The summed E-state index contributed by atoms with van der Waals surface area (Å²) in [6.45, 7) is 2.57. The minimum Gasteiger partial charge on any atom is -0.325 e. The van der Waals surface area contributed by atoms with Gasteiger partial charge in [-0.3, -0.25) is 4.90 Å². The van der Waals surface area contributed by atoms with Crippen LogP contribution in [0.4, 0.5) is 22.0 Å². The van der Waals surface area contributed by atoms with E-state index in [-0.39, 0.29) is 30.1 Å². The van der Waals surface area contributed by atoms with Gasteiger partial charge in [-0.25, -0.2) is 26.9 Å². The van der Waals surface area contributed by atoms with E-state index in [1.165, 1.54) is 6.07 Å². The Labute approximate surface area is 195 Å². The molecule has 2 aliphatic heterocycles. The van der Waals surface area contributed by atoms with Crippen molar-refractivity contribution in [3.63, 3.8) is 0 Å². The Morgan fingerprint density at radius 3 is 2.24 bits per heavy atom. The van der Waals surface area contributed by atoms with Gasteiger partial charge in [0.15, 0.2) is 11.6 Å². The lowest BCUT2D eigenvalue weighted by Gasteiger charge is -2.40. The van der Waals surface area contributed by atoms with E-state index < -0.39 is 23.4 Å². The third kappa shape index (κ3) is 4.21. The third-order valence-corrected chi connectivity index (χ3v) is 7.52. The quantitative estimate of drug-likeness (QED) is 0.351. The number of halogens is 5. The number of imidazole rings is 1. The van der Waals surface area contributed by atoms with E-state index in [1.54, 1.807) is 0 Å². The predicted octanol–water partition coefficient (Wildman–Crippen LogP) is 6.76. The van der Waals surface area contributed by atoms with Crippen LogP contribution >= 0.6 is 0 Å². The molecule has 5 rings (SSSR count). The fourth-order valence-electron chi connectivity index (χ4n) is 5.94. The average molecular weight is 478 g/mol. The first kappa shape index (κ1) is 23.3. The Hall–Kier alpha value is -2.48. The highest BCUT2D eigenvalue weighted by molar-refractivity contribution is 5.76. The van der Waals surface area contributed by atoms with Crippen molar-refractivity contribution in [2.45, 2.75) is 75.9 Å². The lowest BCUT2D eigenvalue weighted by atomic mass is 9.95. The zero-order valence-electron chi connectivity index (χ0n) is 19.1. The van der Waals surface area contributed by atoms with Gasteiger partial charge in [-0.05, 0) is 50.8 Å². The molecule has 0 aliphatic carbocycles. The van der Waals surface area contributed by atoms with Crippen LogP contribution in [-0.4, -0.2) is 33.1 Å². The number of aromatic nitrogens is 2. The molecular formula is C26H28F5N3. The highest BCUT2D eigenvalue weighted by atomic mass is 19.3. The summed E-state index contributed by atoms with van der Waals surface area (Å²) in [6, 6.07) is 7.51. The molecule has 2 bridgehead atoms. The molecule has 8 heteroatoms. The molecule has 182 valence electrons. The van der Waals surface area contributed by atoms with Crippen LogP contribution in [0.3, 0.4) is 0 Å². The number of aryl methyl sites for hydroxylation is 1. The number of rotatable bonds is 7. The number of fused-ring (bicyclic) bond motifs is 3. The molecule has 2 fully saturated rings. The summed E-state index contributed by atoms with van der Waals surface area (Å²) in [5.74, 6) is -4.47. The van der Waals surface area contributed by atoms with Crippen LogP contribution in [0.5, 0.6) is 0 Å². The molecule has 2 aromatic carbocycles. The fraction of sp³-hybridized carbons (Fsp3) is 0.500. The number of hydrogen-bond donors (Lipinski definition) is 0. The van der Waals surface area contributed by atoms with Gasteiger partial charge in [0, 0.05) is 48.7 Å². The monoisotopic (exact) mass is 477 g/mol. The summed E-state index contributed by atoms with van der Waals surface area (Å²) < 4.78 is 72.1. The van der Waals surface area contributed by atoms with E-state index in [4.69, 9.17) is 0 Å². The van der Waals surface area contributed by atoms with Crippen LogP contribution in [-0.2, 0) is 12.3 Å². The van der Waals surface area contributed by atoms with Gasteiger partial charge >= 0.3 is 0 Å². The number of hydrogen-bond acceptors (Lipinski definition) is 2. The molecule has 0 saturated carbocycles. The fourth-order valence-corrected chi connectivity index (χ4v) is 5.94. The molecular weight excluding hydrogens is 449 g/mol. The molecule has 3 heterocycles. The van der Waals surface area contributed by atoms with E-state index in [9.17, 15) is 22.0 Å². The Morgan fingerprint density at radius 1 is 0.941 bits per heavy atom. The predicted molar refractivity (Wildman–Crippen MR) is 120 cm³/mol. The van der Waals surface area contributed by atoms with Gasteiger partial charge in [0.2, 0.25) is 0 Å². The second-order valence-corrected chi connectivity index (χ2v) is 9.57. The highest BCUT2D eigenvalue weighted by Crippen LogP contribution is 2.43. The Morgan fingerprint density at radius 2 is 1.59 bits per heavy atom. The van der Waals surface area contributed by atoms with Crippen molar-refractivity contribution in [3.05, 3.63) is 65.2 Å². The van der Waals surface area contributed by atoms with E-state index in [1.807, 2.05) is 6.92 Å². The van der Waals surface area contributed by atoms with Crippen LogP contribution in [0.25, 0.3) is 11.0 Å². The maximum Gasteiger partial charge on any atom is 0.273 e. The number of alkyl halides is 2. The molecule has 3 aromatic rings. The smallest absolute Gasteiger partial charge is 0.273 e. The molecule has 34 heavy (non-hydrogen) atoms. The van der Waals surface area contributed by atoms with E-state index in [2.05, 4.69) is 14.5 Å². The van der Waals surface area contributed by atoms with Crippen molar-refractivity contribution in [1.29, 1.82) is 0 Å². The Balaban J connectivity index is 1.28. The second kappa shape index (κ2) is 8.95. The molecule has 2 unspecified atom stereocenters. The number of nitrogens with zero attached hydrogens (tertiary/aromatic N) is 3. The van der Waals surface area contributed by atoms with Crippen molar-refractivity contribution in [3.8, 4) is 0 Å². The zero-order chi connectivity index (χ0) is 24.0. The van der Waals surface area contributed by atoms with Gasteiger partial charge in [-0.15, -0.1) is 0 Å². The third-order valence-electron chi connectivity index (χ3n) is 7.52. The minimum absolute atomic E-state index is 0.124. The normalized spacial score (nSPS) is 23.2. The van der Waals surface area contributed by atoms with Crippen LogP contribution in [0.15, 0.2) is 36.4 Å². The molecule has 0 N–H and O–H groups in total. The van der Waals surface area contributed by atoms with Crippen molar-refractivity contribution >= 4 is 11.0 Å². The summed E-state index contributed by atoms with van der Waals surface area (Å²) >= 11 is 0. The molecule has 3 nitrogen and oxygen atoms in total. The Kier molecular flexibility index (Phi) is 6.12. The van der Waals surface area contributed by atoms with E-state index in [0.717, 1.165) is 61.8 Å². The van der Waals surface area contributed by atoms with Gasteiger partial charge in [-0.1, -0.05) is 19.1 Å². The second-order valence-electron chi connectivity index (χ2n) is 9.57. The van der Waals surface area contributed by atoms with Gasteiger partial charge in [0.05, 0.1) is 11.0 Å². The number of piperidine rings is 1. The van der Waals surface area contributed by atoms with Crippen LogP contribution < -0.4 is 0 Å². The first-order chi connectivity index (χ1) is 16.3. The van der Waals surface area contributed by atoms with Gasteiger partial charge in [-0.2, -0.15) is 0 Å². The molecule has 0 amide bonds. The molecule has 1 aromatic heterocycles. The van der Waals surface area contributed by atoms with Crippen molar-refractivity contribution in [1.82, 2.24) is 14.5 Å². The molecule has 0 spiro atoms. The first-order valence-corrected chi connectivity index (χ1v) is 12.0. The Bertz CT molecular complexity index is 1160. The minimum atomic E-state index is -2.99. The standard InChI is InChI=1S/C26H28F5N3/c1-2-25-32-23-14-21(28)22(29)15-24(23)34(25)20-12-18-8-9-19(13-20)33(18)11-3-10-26(30,31)16-4-6-17(27)7-5-16/h4-7,14-15,18-20H,2-3,8-13H2,1H3. The molecule has 2 saturated heterocycles. The van der Waals surface area contributed by atoms with Crippen LogP contribution in [0, 0.1) is 17.5 Å². The lowest BCUT2D eigenvalue weighted by molar-refractivity contribution is -0.0201. The summed E-state index contributed by atoms with van der Waals surface area (Å²) in [4.78, 5) is 6.89. The first-order valence-electron chi connectivity index (χ1n) is 12.0. The lowest BCUT2D eigenvalue weighted by Crippen LogP contribution is -2.44. The summed E-state index contributed by atoms with van der Waals surface area (Å²) in [6.07, 6.45) is 4.41. The molecule has 2 aliphatic rings. The summed E-state index contributed by atoms with van der Waals surface area (Å²) in [7, 11) is 0. The SMILES string of the molecule is CCc1nc2cc(F)c(F)cc2n1C1CC2CCC(C1)N2CCCC(F)(F)c1ccc(F)cc1. The van der Waals surface area contributed by atoms with Crippen LogP contribution in [0.1, 0.15) is 62.9 Å². The summed E-state index contributed by atoms with van der Waals surface area (Å²) in [5.41, 5.74) is 0.930. The van der Waals surface area contributed by atoms with Gasteiger partial charge in [0.25, 0.3) is 5.92 Å². The topological polar surface area (TPSA) is 21.1 Å². The molecule has 2 atom stereocenters. The largest absolute Gasteiger partial charge is 0.325 e. The van der Waals surface area contributed by atoms with Gasteiger partial charge < -0.3 is 4.57 Å². The van der Waals surface area contributed by atoms with Crippen molar-refractivity contribution in [2.24, 2.45) is 0 Å². The molecule has 0 radical (unpaired) electrons. The highest BCUT2D eigenvalue weighted by Gasteiger charge is 2.42. The number of benzene rings is 2. The maximum atomic E-state index is 14.6. The average Bonchev–Trinajstić information content (AvgIpc) is 3.26. The van der Waals surface area contributed by atoms with E-state index >= 15 is 0 Å². The maximum absolute atomic E-state index is 14.6. The van der Waals surface area contributed by atoms with E-state index in [0.29, 0.717) is 30.4 Å². The van der Waals surface area contributed by atoms with Crippen molar-refractivity contribution < 1.29 is 22.0 Å².